The van der Waals surface area contributed by atoms with Gasteiger partial charge in [0.25, 0.3) is 0 Å². The van der Waals surface area contributed by atoms with E-state index in [1.165, 1.54) is 4.68 Å². The molecule has 1 aliphatic carbocycles. The van der Waals surface area contributed by atoms with Crippen LogP contribution in [0, 0.1) is 11.6 Å². The third-order valence-corrected chi connectivity index (χ3v) is 3.93. The van der Waals surface area contributed by atoms with Crippen LogP contribution in [-0.2, 0) is 12.8 Å². The number of carboxylic acids is 1. The first kappa shape index (κ1) is 13.2. The Morgan fingerprint density at radius 1 is 1.35 bits per heavy atom. The number of halogens is 3. The van der Waals surface area contributed by atoms with E-state index in [1.807, 2.05) is 0 Å². The third-order valence-electron chi connectivity index (χ3n) is 3.33. The minimum absolute atomic E-state index is 0.0389. The van der Waals surface area contributed by atoms with Crippen molar-refractivity contribution in [3.8, 4) is 5.69 Å². The molecular weight excluding hydrogens is 334 g/mol. The average Bonchev–Trinajstić information content (AvgIpc) is 2.90. The van der Waals surface area contributed by atoms with Crippen LogP contribution in [0.25, 0.3) is 5.69 Å². The summed E-state index contributed by atoms with van der Waals surface area (Å²) in [6.07, 6.45) is 2.03. The van der Waals surface area contributed by atoms with Gasteiger partial charge in [0.1, 0.15) is 11.5 Å². The van der Waals surface area contributed by atoms with Gasteiger partial charge >= 0.3 is 5.97 Å². The molecule has 0 saturated carbocycles. The minimum Gasteiger partial charge on any atom is -0.476 e. The van der Waals surface area contributed by atoms with Gasteiger partial charge in [-0.15, -0.1) is 0 Å². The monoisotopic (exact) mass is 342 g/mol. The number of rotatable bonds is 2. The standard InChI is InChI=1S/C13H9BrF2N2O2/c14-8-4-6(15)5-9(16)12(8)18-10-3-1-2-7(10)11(17-18)13(19)20/h4-5H,1-3H2,(H,19,20). The van der Waals surface area contributed by atoms with Crippen LogP contribution >= 0.6 is 15.9 Å². The van der Waals surface area contributed by atoms with Crippen LogP contribution in [0.1, 0.15) is 28.2 Å². The zero-order valence-corrected chi connectivity index (χ0v) is 11.7. The molecular formula is C13H9BrF2N2O2. The molecule has 0 radical (unpaired) electrons. The van der Waals surface area contributed by atoms with Crippen LogP contribution < -0.4 is 0 Å². The van der Waals surface area contributed by atoms with Gasteiger partial charge in [0.15, 0.2) is 11.5 Å². The summed E-state index contributed by atoms with van der Waals surface area (Å²) in [7, 11) is 0. The molecule has 7 heteroatoms. The summed E-state index contributed by atoms with van der Waals surface area (Å²) >= 11 is 3.10. The molecule has 1 aromatic heterocycles. The Kier molecular flexibility index (Phi) is 3.08. The number of aromatic nitrogens is 2. The molecule has 1 aliphatic rings. The van der Waals surface area contributed by atoms with Crippen molar-refractivity contribution in [2.45, 2.75) is 19.3 Å². The molecule has 0 bridgehead atoms. The van der Waals surface area contributed by atoms with E-state index in [0.29, 0.717) is 24.1 Å². The molecule has 4 nitrogen and oxygen atoms in total. The summed E-state index contributed by atoms with van der Waals surface area (Å²) in [6, 6.07) is 1.88. The van der Waals surface area contributed by atoms with Crippen molar-refractivity contribution < 1.29 is 18.7 Å². The summed E-state index contributed by atoms with van der Waals surface area (Å²) in [4.78, 5) is 11.2. The van der Waals surface area contributed by atoms with Crippen molar-refractivity contribution in [2.75, 3.05) is 0 Å². The first-order valence-electron chi connectivity index (χ1n) is 5.98. The van der Waals surface area contributed by atoms with Crippen molar-refractivity contribution in [1.29, 1.82) is 0 Å². The lowest BCUT2D eigenvalue weighted by Gasteiger charge is -2.09. The predicted molar refractivity (Wildman–Crippen MR) is 70.2 cm³/mol. The zero-order valence-electron chi connectivity index (χ0n) is 10.2. The Balaban J connectivity index is 2.27. The van der Waals surface area contributed by atoms with Gasteiger partial charge in [-0.25, -0.2) is 18.3 Å². The highest BCUT2D eigenvalue weighted by atomic mass is 79.9. The highest BCUT2D eigenvalue weighted by Crippen LogP contribution is 2.32. The number of fused-ring (bicyclic) bond motifs is 1. The van der Waals surface area contributed by atoms with E-state index in [9.17, 15) is 13.6 Å². The number of carboxylic acid groups (broad SMARTS) is 1. The average molecular weight is 343 g/mol. The zero-order chi connectivity index (χ0) is 14.4. The lowest BCUT2D eigenvalue weighted by molar-refractivity contribution is 0.0688. The van der Waals surface area contributed by atoms with E-state index >= 15 is 0 Å². The van der Waals surface area contributed by atoms with Crippen molar-refractivity contribution in [1.82, 2.24) is 9.78 Å². The molecule has 20 heavy (non-hydrogen) atoms. The van der Waals surface area contributed by atoms with E-state index in [1.54, 1.807) is 0 Å². The van der Waals surface area contributed by atoms with Crippen molar-refractivity contribution in [3.63, 3.8) is 0 Å². The number of hydrogen-bond acceptors (Lipinski definition) is 2. The molecule has 0 saturated heterocycles. The van der Waals surface area contributed by atoms with Crippen molar-refractivity contribution in [2.24, 2.45) is 0 Å². The summed E-state index contributed by atoms with van der Waals surface area (Å²) in [6.45, 7) is 0. The lowest BCUT2D eigenvalue weighted by atomic mass is 10.2. The van der Waals surface area contributed by atoms with Crippen LogP contribution in [-0.4, -0.2) is 20.9 Å². The summed E-state index contributed by atoms with van der Waals surface area (Å²) in [5.74, 6) is -2.63. The molecule has 104 valence electrons. The van der Waals surface area contributed by atoms with E-state index in [4.69, 9.17) is 5.11 Å². The first-order valence-corrected chi connectivity index (χ1v) is 6.77. The van der Waals surface area contributed by atoms with E-state index in [0.717, 1.165) is 18.6 Å². The van der Waals surface area contributed by atoms with Crippen LogP contribution in [0.2, 0.25) is 0 Å². The molecule has 0 amide bonds. The Morgan fingerprint density at radius 3 is 2.75 bits per heavy atom. The van der Waals surface area contributed by atoms with Crippen LogP contribution in [0.5, 0.6) is 0 Å². The second-order valence-corrected chi connectivity index (χ2v) is 5.42. The maximum Gasteiger partial charge on any atom is 0.356 e. The van der Waals surface area contributed by atoms with Crippen LogP contribution in [0.3, 0.4) is 0 Å². The lowest BCUT2D eigenvalue weighted by Crippen LogP contribution is -2.07. The molecule has 0 unspecified atom stereocenters. The highest BCUT2D eigenvalue weighted by molar-refractivity contribution is 9.10. The number of benzene rings is 1. The number of carbonyl (C=O) groups is 1. The Hall–Kier alpha value is -1.76. The van der Waals surface area contributed by atoms with Gasteiger partial charge < -0.3 is 5.11 Å². The fourth-order valence-corrected chi connectivity index (χ4v) is 3.11. The Bertz CT molecular complexity index is 704. The van der Waals surface area contributed by atoms with E-state index in [2.05, 4.69) is 21.0 Å². The molecule has 0 fully saturated rings. The Morgan fingerprint density at radius 2 is 2.10 bits per heavy atom. The third kappa shape index (κ3) is 1.93. The largest absolute Gasteiger partial charge is 0.476 e. The van der Waals surface area contributed by atoms with Gasteiger partial charge in [0.05, 0.1) is 0 Å². The molecule has 1 aromatic carbocycles. The molecule has 1 heterocycles. The molecule has 1 N–H and O–H groups in total. The second kappa shape index (κ2) is 4.66. The fraction of sp³-hybridized carbons (Fsp3) is 0.231. The molecule has 0 spiro atoms. The molecule has 3 rings (SSSR count). The van der Waals surface area contributed by atoms with Crippen molar-refractivity contribution >= 4 is 21.9 Å². The maximum absolute atomic E-state index is 14.0. The minimum atomic E-state index is -1.14. The summed E-state index contributed by atoms with van der Waals surface area (Å²) < 4.78 is 28.6. The van der Waals surface area contributed by atoms with Crippen molar-refractivity contribution in [3.05, 3.63) is 45.2 Å². The molecule has 0 aliphatic heterocycles. The van der Waals surface area contributed by atoms with Gasteiger partial charge in [-0.1, -0.05) is 0 Å². The topological polar surface area (TPSA) is 55.1 Å². The number of nitrogens with zero attached hydrogens (tertiary/aromatic N) is 2. The Labute approximate surface area is 121 Å². The van der Waals surface area contributed by atoms with Gasteiger partial charge in [-0.2, -0.15) is 5.10 Å². The van der Waals surface area contributed by atoms with Crippen LogP contribution in [0.4, 0.5) is 8.78 Å². The summed E-state index contributed by atoms with van der Waals surface area (Å²) in [5.41, 5.74) is 1.28. The second-order valence-electron chi connectivity index (χ2n) is 4.56. The molecule has 0 atom stereocenters. The molecule has 2 aromatic rings. The predicted octanol–water partition coefficient (Wildman–Crippen LogP) is 3.10. The highest BCUT2D eigenvalue weighted by Gasteiger charge is 2.28. The number of aromatic carboxylic acids is 1. The van der Waals surface area contributed by atoms with Gasteiger partial charge in [0.2, 0.25) is 0 Å². The maximum atomic E-state index is 14.0. The fourth-order valence-electron chi connectivity index (χ4n) is 2.53. The first-order chi connectivity index (χ1) is 9.49. The normalized spacial score (nSPS) is 13.6. The van der Waals surface area contributed by atoms with Gasteiger partial charge in [-0.05, 0) is 41.3 Å². The van der Waals surface area contributed by atoms with E-state index in [-0.39, 0.29) is 15.9 Å². The van der Waals surface area contributed by atoms with Crippen LogP contribution in [0.15, 0.2) is 16.6 Å². The van der Waals surface area contributed by atoms with Gasteiger partial charge in [-0.3, -0.25) is 0 Å². The summed E-state index contributed by atoms with van der Waals surface area (Å²) in [5, 5.41) is 13.1. The quantitative estimate of drug-likeness (QED) is 0.912. The smallest absolute Gasteiger partial charge is 0.356 e. The van der Waals surface area contributed by atoms with Gasteiger partial charge in [0, 0.05) is 21.8 Å². The van der Waals surface area contributed by atoms with E-state index < -0.39 is 17.6 Å². The number of hydrogen-bond donors (Lipinski definition) is 1. The SMILES string of the molecule is O=C(O)c1nn(-c2c(F)cc(F)cc2Br)c2c1CCC2.